The Balaban J connectivity index is 1.65. The zero-order valence-corrected chi connectivity index (χ0v) is 27.6. The van der Waals surface area contributed by atoms with Gasteiger partial charge in [-0.15, -0.1) is 0 Å². The minimum atomic E-state index is -1.00. The van der Waals surface area contributed by atoms with Gasteiger partial charge in [0.05, 0.1) is 5.52 Å². The van der Waals surface area contributed by atoms with E-state index in [1.54, 1.807) is 29.9 Å². The van der Waals surface area contributed by atoms with E-state index < -0.39 is 36.0 Å². The molecule has 3 heterocycles. The van der Waals surface area contributed by atoms with Gasteiger partial charge in [0.1, 0.15) is 31.3 Å². The van der Waals surface area contributed by atoms with Crippen molar-refractivity contribution in [3.05, 3.63) is 36.0 Å². The van der Waals surface area contributed by atoms with Crippen LogP contribution in [0.2, 0.25) is 0 Å². The van der Waals surface area contributed by atoms with E-state index in [9.17, 15) is 24.0 Å². The van der Waals surface area contributed by atoms with Crippen LogP contribution in [0.5, 0.6) is 0 Å². The maximum Gasteiger partial charge on any atom is 0.246 e. The molecule has 4 amide bonds. The molecule has 0 aliphatic carbocycles. The number of thioether (sulfide) groups is 1. The Bertz CT molecular complexity index is 1380. The van der Waals surface area contributed by atoms with Crippen molar-refractivity contribution in [2.75, 3.05) is 19.4 Å². The second-order valence-electron chi connectivity index (χ2n) is 12.1. The number of nitrogens with zero attached hydrogens (tertiary/aromatic N) is 2. The van der Waals surface area contributed by atoms with Crippen molar-refractivity contribution in [1.29, 1.82) is 0 Å². The van der Waals surface area contributed by atoms with Crippen molar-refractivity contribution in [2.24, 2.45) is 5.92 Å². The average Bonchev–Trinajstić information content (AvgIpc) is 3.40. The lowest BCUT2D eigenvalue weighted by atomic mass is 9.93. The van der Waals surface area contributed by atoms with E-state index in [1.165, 1.54) is 11.8 Å². The summed E-state index contributed by atoms with van der Waals surface area (Å²) in [5, 5.41) is 9.83. The summed E-state index contributed by atoms with van der Waals surface area (Å²) in [4.78, 5) is 74.1. The second kappa shape index (κ2) is 16.1. The summed E-state index contributed by atoms with van der Waals surface area (Å²) in [5.74, 6) is -0.978. The largest absolute Gasteiger partial charge is 0.417 e. The Hall–Kier alpha value is -3.54. The molecule has 2 aromatic rings. The van der Waals surface area contributed by atoms with Crippen molar-refractivity contribution in [3.8, 4) is 0 Å². The van der Waals surface area contributed by atoms with Gasteiger partial charge in [0.2, 0.25) is 23.6 Å². The molecule has 246 valence electrons. The van der Waals surface area contributed by atoms with Crippen molar-refractivity contribution in [2.45, 2.75) is 103 Å². The summed E-state index contributed by atoms with van der Waals surface area (Å²) < 4.78 is 1.62. The molecule has 1 aromatic carbocycles. The summed E-state index contributed by atoms with van der Waals surface area (Å²) in [5.41, 5.74) is 1.62. The third kappa shape index (κ3) is 8.59. The van der Waals surface area contributed by atoms with Gasteiger partial charge in [-0.05, 0) is 49.7 Å². The highest BCUT2D eigenvalue weighted by Gasteiger charge is 2.40. The van der Waals surface area contributed by atoms with Crippen LogP contribution in [0.3, 0.4) is 0 Å². The number of hydrogen-bond donors (Lipinski definition) is 3. The van der Waals surface area contributed by atoms with Crippen LogP contribution in [0, 0.1) is 5.92 Å². The predicted molar refractivity (Wildman–Crippen MR) is 174 cm³/mol. The standard InChI is InChI=1S/C33H47N5O6S/c1-5-21(2)29-33(43)37-17-11-10-16-28(37)32(42)34-25(14-7-6-12-18-45-22(3)39)30(40)35-26(31(41)36-29)19-23-20-38(44-4)27-15-9-8-13-24(23)27/h8-9,13,15,20-21,25-26,28-29H,5-7,10-12,14,16-19H2,1-4H3,(H,34,42)(H,35,40)(H,36,41)/t21-,25-,26-,28+,29-/m0/s1. The lowest BCUT2D eigenvalue weighted by Crippen LogP contribution is -2.64. The number of aromatic nitrogens is 1. The normalized spacial score (nSPS) is 23.7. The smallest absolute Gasteiger partial charge is 0.246 e. The average molecular weight is 642 g/mol. The van der Waals surface area contributed by atoms with Gasteiger partial charge in [-0.3, -0.25) is 24.0 Å². The number of fused-ring (bicyclic) bond motifs is 2. The molecular weight excluding hydrogens is 594 g/mol. The minimum Gasteiger partial charge on any atom is -0.417 e. The predicted octanol–water partition coefficient (Wildman–Crippen LogP) is 2.98. The third-order valence-corrected chi connectivity index (χ3v) is 9.85. The Kier molecular flexibility index (Phi) is 12.3. The molecule has 2 aliphatic heterocycles. The van der Waals surface area contributed by atoms with Crippen molar-refractivity contribution in [1.82, 2.24) is 25.6 Å². The fraction of sp³-hybridized carbons (Fsp3) is 0.606. The first-order chi connectivity index (χ1) is 21.6. The molecule has 12 heteroatoms. The van der Waals surface area contributed by atoms with Gasteiger partial charge in [0.15, 0.2) is 5.12 Å². The van der Waals surface area contributed by atoms with E-state index in [0.717, 1.165) is 42.1 Å². The fourth-order valence-electron chi connectivity index (χ4n) is 6.20. The molecule has 2 fully saturated rings. The van der Waals surface area contributed by atoms with Crippen LogP contribution < -0.4 is 20.8 Å². The van der Waals surface area contributed by atoms with Crippen LogP contribution in [-0.2, 0) is 30.4 Å². The van der Waals surface area contributed by atoms with Gasteiger partial charge in [-0.2, -0.15) is 4.73 Å². The number of hydrogen-bond acceptors (Lipinski definition) is 7. The van der Waals surface area contributed by atoms with E-state index in [0.29, 0.717) is 38.0 Å². The van der Waals surface area contributed by atoms with Gasteiger partial charge >= 0.3 is 0 Å². The number of benzene rings is 1. The minimum absolute atomic E-state index is 0.0704. The SMILES string of the molecule is CC[C@H](C)[C@@H]1NC(=O)[C@H](Cc2cn(OC)c3ccccc23)NC(=O)[C@H](CCCCCSC(C)=O)NC(=O)[C@H]2CCCCN2C1=O. The summed E-state index contributed by atoms with van der Waals surface area (Å²) in [7, 11) is 1.56. The van der Waals surface area contributed by atoms with E-state index in [1.807, 2.05) is 38.1 Å². The van der Waals surface area contributed by atoms with E-state index in [4.69, 9.17) is 4.84 Å². The highest BCUT2D eigenvalue weighted by atomic mass is 32.2. The molecule has 0 unspecified atom stereocenters. The number of carbonyl (C=O) groups is 5. The molecule has 4 rings (SSSR count). The van der Waals surface area contributed by atoms with Crippen molar-refractivity contribution < 1.29 is 28.8 Å². The molecule has 3 N–H and O–H groups in total. The van der Waals surface area contributed by atoms with Crippen LogP contribution in [0.4, 0.5) is 0 Å². The molecule has 11 nitrogen and oxygen atoms in total. The third-order valence-electron chi connectivity index (χ3n) is 8.96. The summed E-state index contributed by atoms with van der Waals surface area (Å²) in [6.45, 7) is 5.84. The van der Waals surface area contributed by atoms with E-state index in [-0.39, 0.29) is 29.3 Å². The van der Waals surface area contributed by atoms with Gasteiger partial charge in [0, 0.05) is 37.2 Å². The van der Waals surface area contributed by atoms with Crippen LogP contribution in [0.25, 0.3) is 10.9 Å². The molecule has 1 aromatic heterocycles. The number of amides is 4. The number of unbranched alkanes of at least 4 members (excludes halogenated alkanes) is 2. The maximum atomic E-state index is 14.0. The molecular formula is C33H47N5O6S. The second-order valence-corrected chi connectivity index (χ2v) is 13.4. The molecule has 0 spiro atoms. The molecule has 2 aliphatic rings. The monoisotopic (exact) mass is 641 g/mol. The number of piperidine rings is 1. The number of rotatable bonds is 11. The van der Waals surface area contributed by atoms with E-state index in [2.05, 4.69) is 16.0 Å². The summed E-state index contributed by atoms with van der Waals surface area (Å²) >= 11 is 1.27. The van der Waals surface area contributed by atoms with Gasteiger partial charge in [-0.25, -0.2) is 0 Å². The first-order valence-corrected chi connectivity index (χ1v) is 17.1. The lowest BCUT2D eigenvalue weighted by Gasteiger charge is -2.39. The van der Waals surface area contributed by atoms with Crippen LogP contribution in [0.1, 0.15) is 77.7 Å². The van der Waals surface area contributed by atoms with Crippen LogP contribution in [0.15, 0.2) is 30.5 Å². The van der Waals surface area contributed by atoms with Crippen molar-refractivity contribution in [3.63, 3.8) is 0 Å². The number of carbonyl (C=O) groups excluding carboxylic acids is 5. The highest BCUT2D eigenvalue weighted by molar-refractivity contribution is 8.13. The van der Waals surface area contributed by atoms with Gasteiger partial charge < -0.3 is 25.7 Å². The van der Waals surface area contributed by atoms with Gasteiger partial charge in [0.25, 0.3) is 0 Å². The first-order valence-electron chi connectivity index (χ1n) is 16.1. The Labute approximate surface area is 269 Å². The molecule has 2 saturated heterocycles. The number of para-hydroxylation sites is 1. The summed E-state index contributed by atoms with van der Waals surface area (Å²) in [6.07, 6.45) is 7.28. The molecule has 5 atom stereocenters. The maximum absolute atomic E-state index is 14.0. The van der Waals surface area contributed by atoms with Crippen LogP contribution in [-0.4, -0.2) is 81.9 Å². The Morgan fingerprint density at radius 2 is 1.73 bits per heavy atom. The molecule has 0 saturated carbocycles. The zero-order valence-electron chi connectivity index (χ0n) is 26.8. The topological polar surface area (TPSA) is 139 Å². The first kappa shape index (κ1) is 34.3. The van der Waals surface area contributed by atoms with Crippen LogP contribution >= 0.6 is 11.8 Å². The molecule has 0 bridgehead atoms. The van der Waals surface area contributed by atoms with E-state index >= 15 is 0 Å². The van der Waals surface area contributed by atoms with Gasteiger partial charge in [-0.1, -0.05) is 63.1 Å². The van der Waals surface area contributed by atoms with Crippen molar-refractivity contribution >= 4 is 51.4 Å². The highest BCUT2D eigenvalue weighted by Crippen LogP contribution is 2.24. The fourth-order valence-corrected chi connectivity index (χ4v) is 6.83. The zero-order chi connectivity index (χ0) is 32.5. The summed E-state index contributed by atoms with van der Waals surface area (Å²) in [6, 6.07) is 4.23. The lowest BCUT2D eigenvalue weighted by molar-refractivity contribution is -0.147. The number of nitrogens with one attached hydrogen (secondary N) is 3. The Morgan fingerprint density at radius 1 is 1.00 bits per heavy atom. The molecule has 0 radical (unpaired) electrons. The Morgan fingerprint density at radius 3 is 2.47 bits per heavy atom. The quantitative estimate of drug-likeness (QED) is 0.321. The molecule has 45 heavy (non-hydrogen) atoms.